The number of nitrogens with zero attached hydrogens (tertiary/aromatic N) is 3. The van der Waals surface area contributed by atoms with Gasteiger partial charge in [-0.05, 0) is 42.4 Å². The normalized spacial score (nSPS) is 10.6. The van der Waals surface area contributed by atoms with Gasteiger partial charge in [-0.15, -0.1) is 11.8 Å². The highest BCUT2D eigenvalue weighted by atomic mass is 32.2. The van der Waals surface area contributed by atoms with Crippen molar-refractivity contribution in [3.05, 3.63) is 71.2 Å². The summed E-state index contributed by atoms with van der Waals surface area (Å²) in [5.41, 5.74) is 4.15. The maximum Gasteiger partial charge on any atom is 0.357 e. The minimum atomic E-state index is -0.332. The Morgan fingerprint density at radius 3 is 2.55 bits per heavy atom. The first-order valence-corrected chi connectivity index (χ1v) is 11.7. The third-order valence-electron chi connectivity index (χ3n) is 5.08. The van der Waals surface area contributed by atoms with E-state index in [-0.39, 0.29) is 5.97 Å². The minimum absolute atomic E-state index is 0.328. The number of benzene rings is 2. The van der Waals surface area contributed by atoms with Crippen LogP contribution in [0.5, 0.6) is 0 Å². The molecule has 0 bridgehead atoms. The van der Waals surface area contributed by atoms with E-state index in [9.17, 15) is 10.1 Å². The molecule has 2 aromatic carbocycles. The van der Waals surface area contributed by atoms with Crippen molar-refractivity contribution in [2.75, 3.05) is 12.9 Å². The Hall–Kier alpha value is -3.04. The van der Waals surface area contributed by atoms with Crippen molar-refractivity contribution in [2.45, 2.75) is 44.7 Å². The van der Waals surface area contributed by atoms with Crippen LogP contribution in [0.3, 0.4) is 0 Å². The molecule has 0 atom stereocenters. The smallest absolute Gasteiger partial charge is 0.357 e. The number of thioether (sulfide) groups is 1. The zero-order valence-electron chi connectivity index (χ0n) is 18.2. The van der Waals surface area contributed by atoms with Gasteiger partial charge in [0.25, 0.3) is 0 Å². The van der Waals surface area contributed by atoms with E-state index in [0.717, 1.165) is 41.8 Å². The molecule has 0 saturated carbocycles. The standard InChI is InChI=1S/C25H27N3O2S/c1-4-6-11-22-27-24(31-3)23(25(29)30-5-2)28(22)17-18-12-14-19(15-13-18)21-10-8-7-9-20(21)16-26/h7-10,12-15H,4-6,11,17H2,1-3H3. The summed E-state index contributed by atoms with van der Waals surface area (Å²) >= 11 is 1.47. The van der Waals surface area contributed by atoms with E-state index in [1.54, 1.807) is 0 Å². The fraction of sp³-hybridized carbons (Fsp3) is 0.320. The van der Waals surface area contributed by atoms with Gasteiger partial charge in [-0.3, -0.25) is 0 Å². The molecule has 5 nitrogen and oxygen atoms in total. The molecule has 0 aliphatic rings. The molecule has 0 spiro atoms. The summed E-state index contributed by atoms with van der Waals surface area (Å²) in [6.07, 6.45) is 4.82. The number of ether oxygens (including phenoxy) is 1. The van der Waals surface area contributed by atoms with Gasteiger partial charge >= 0.3 is 5.97 Å². The van der Waals surface area contributed by atoms with Crippen molar-refractivity contribution in [1.82, 2.24) is 9.55 Å². The number of rotatable bonds is 9. The van der Waals surface area contributed by atoms with Gasteiger partial charge < -0.3 is 9.30 Å². The average Bonchev–Trinajstić information content (AvgIpc) is 3.15. The predicted molar refractivity (Wildman–Crippen MR) is 124 cm³/mol. The van der Waals surface area contributed by atoms with Gasteiger partial charge in [0.05, 0.1) is 18.2 Å². The maximum absolute atomic E-state index is 12.7. The van der Waals surface area contributed by atoms with Crippen LogP contribution in [0.1, 0.15) is 54.1 Å². The number of carbonyl (C=O) groups is 1. The third-order valence-corrected chi connectivity index (χ3v) is 5.76. The second-order valence-electron chi connectivity index (χ2n) is 7.15. The molecular formula is C25H27N3O2S. The number of hydrogen-bond acceptors (Lipinski definition) is 5. The van der Waals surface area contributed by atoms with E-state index in [4.69, 9.17) is 9.72 Å². The predicted octanol–water partition coefficient (Wildman–Crippen LogP) is 5.71. The van der Waals surface area contributed by atoms with Crippen LogP contribution in [0.4, 0.5) is 0 Å². The maximum atomic E-state index is 12.7. The van der Waals surface area contributed by atoms with Crippen LogP contribution in [0.15, 0.2) is 53.6 Å². The summed E-state index contributed by atoms with van der Waals surface area (Å²) in [6.45, 7) is 4.83. The molecule has 3 rings (SSSR count). The summed E-state index contributed by atoms with van der Waals surface area (Å²) < 4.78 is 7.32. The SMILES string of the molecule is CCCCc1nc(SC)c(C(=O)OCC)n1Cc1ccc(-c2ccccc2C#N)cc1. The second kappa shape index (κ2) is 10.8. The number of unbranched alkanes of at least 4 members (excludes halogenated alkanes) is 1. The molecule has 0 radical (unpaired) electrons. The summed E-state index contributed by atoms with van der Waals surface area (Å²) in [6, 6.07) is 18.0. The number of aromatic nitrogens is 2. The molecule has 0 saturated heterocycles. The first-order valence-electron chi connectivity index (χ1n) is 10.5. The number of nitriles is 1. The van der Waals surface area contributed by atoms with E-state index < -0.39 is 0 Å². The van der Waals surface area contributed by atoms with Crippen LogP contribution >= 0.6 is 11.8 Å². The Balaban J connectivity index is 1.96. The van der Waals surface area contributed by atoms with Crippen LogP contribution < -0.4 is 0 Å². The molecule has 0 unspecified atom stereocenters. The van der Waals surface area contributed by atoms with Crippen molar-refractivity contribution in [2.24, 2.45) is 0 Å². The Morgan fingerprint density at radius 2 is 1.90 bits per heavy atom. The van der Waals surface area contributed by atoms with E-state index >= 15 is 0 Å². The monoisotopic (exact) mass is 433 g/mol. The Labute approximate surface area is 188 Å². The van der Waals surface area contributed by atoms with Gasteiger partial charge in [0.15, 0.2) is 5.69 Å². The quantitative estimate of drug-likeness (QED) is 0.319. The Kier molecular flexibility index (Phi) is 7.91. The van der Waals surface area contributed by atoms with Crippen LogP contribution in [-0.4, -0.2) is 28.4 Å². The molecule has 0 fully saturated rings. The van der Waals surface area contributed by atoms with E-state index in [0.29, 0.717) is 29.4 Å². The number of aryl methyl sites for hydroxylation is 1. The Morgan fingerprint density at radius 1 is 1.16 bits per heavy atom. The summed E-state index contributed by atoms with van der Waals surface area (Å²) in [5.74, 6) is 0.579. The van der Waals surface area contributed by atoms with Gasteiger partial charge in [-0.2, -0.15) is 5.26 Å². The van der Waals surface area contributed by atoms with Gasteiger partial charge in [0, 0.05) is 13.0 Å². The topological polar surface area (TPSA) is 67.9 Å². The lowest BCUT2D eigenvalue weighted by Crippen LogP contribution is -2.16. The lowest BCUT2D eigenvalue weighted by atomic mass is 9.99. The van der Waals surface area contributed by atoms with Crippen molar-refractivity contribution in [3.63, 3.8) is 0 Å². The fourth-order valence-corrected chi connectivity index (χ4v) is 4.10. The van der Waals surface area contributed by atoms with Gasteiger partial charge in [-0.1, -0.05) is 55.8 Å². The summed E-state index contributed by atoms with van der Waals surface area (Å²) in [5, 5.41) is 10.1. The lowest BCUT2D eigenvalue weighted by Gasteiger charge is -2.13. The van der Waals surface area contributed by atoms with Crippen LogP contribution in [0.2, 0.25) is 0 Å². The molecule has 0 N–H and O–H groups in total. The molecule has 0 aliphatic carbocycles. The number of imidazole rings is 1. The highest BCUT2D eigenvalue weighted by molar-refractivity contribution is 7.98. The largest absolute Gasteiger partial charge is 0.461 e. The van der Waals surface area contributed by atoms with Gasteiger partial charge in [0.2, 0.25) is 0 Å². The fourth-order valence-electron chi connectivity index (χ4n) is 3.51. The molecule has 31 heavy (non-hydrogen) atoms. The van der Waals surface area contributed by atoms with Crippen molar-refractivity contribution in [3.8, 4) is 17.2 Å². The molecule has 1 heterocycles. The molecule has 6 heteroatoms. The minimum Gasteiger partial charge on any atom is -0.461 e. The zero-order valence-corrected chi connectivity index (χ0v) is 19.0. The van der Waals surface area contributed by atoms with Crippen molar-refractivity contribution in [1.29, 1.82) is 5.26 Å². The number of carbonyl (C=O) groups excluding carboxylic acids is 1. The molecule has 0 amide bonds. The van der Waals surface area contributed by atoms with Crippen molar-refractivity contribution >= 4 is 17.7 Å². The lowest BCUT2D eigenvalue weighted by molar-refractivity contribution is 0.0509. The van der Waals surface area contributed by atoms with Crippen LogP contribution in [0.25, 0.3) is 11.1 Å². The number of hydrogen-bond donors (Lipinski definition) is 0. The molecule has 160 valence electrons. The Bertz CT molecular complexity index is 1080. The van der Waals surface area contributed by atoms with E-state index in [2.05, 4.69) is 13.0 Å². The molecule has 3 aromatic rings. The highest BCUT2D eigenvalue weighted by Crippen LogP contribution is 2.27. The van der Waals surface area contributed by atoms with Crippen molar-refractivity contribution < 1.29 is 9.53 Å². The molecule has 1 aromatic heterocycles. The van der Waals surface area contributed by atoms with E-state index in [1.807, 2.05) is 66.3 Å². The second-order valence-corrected chi connectivity index (χ2v) is 7.95. The number of esters is 1. The van der Waals surface area contributed by atoms with E-state index in [1.165, 1.54) is 11.8 Å². The van der Waals surface area contributed by atoms with Crippen LogP contribution in [0, 0.1) is 11.3 Å². The van der Waals surface area contributed by atoms with Crippen LogP contribution in [-0.2, 0) is 17.7 Å². The first kappa shape index (κ1) is 22.6. The zero-order chi connectivity index (χ0) is 22.2. The van der Waals surface area contributed by atoms with Gasteiger partial charge in [0.1, 0.15) is 10.9 Å². The third kappa shape index (κ3) is 5.18. The average molecular weight is 434 g/mol. The van der Waals surface area contributed by atoms with Gasteiger partial charge in [-0.25, -0.2) is 9.78 Å². The summed E-state index contributed by atoms with van der Waals surface area (Å²) in [7, 11) is 0. The molecule has 0 aliphatic heterocycles. The summed E-state index contributed by atoms with van der Waals surface area (Å²) in [4.78, 5) is 17.4. The molecular weight excluding hydrogens is 406 g/mol. The first-order chi connectivity index (χ1) is 15.1. The highest BCUT2D eigenvalue weighted by Gasteiger charge is 2.23.